The summed E-state index contributed by atoms with van der Waals surface area (Å²) in [6, 6.07) is -4.00. The zero-order valence-corrected chi connectivity index (χ0v) is 22.7. The molecule has 11 nitrogen and oxygen atoms in total. The molecule has 2 saturated heterocycles. The molecule has 2 heterocycles. The van der Waals surface area contributed by atoms with Gasteiger partial charge in [-0.15, -0.1) is 0 Å². The van der Waals surface area contributed by atoms with E-state index >= 15 is 0 Å². The molecule has 0 aromatic heterocycles. The molecular weight excluding hydrogens is 543 g/mol. The summed E-state index contributed by atoms with van der Waals surface area (Å²) in [4.78, 5) is 52.7. The minimum Gasteiger partial charge on any atom is -0.368 e. The van der Waals surface area contributed by atoms with Crippen LogP contribution in [0.25, 0.3) is 0 Å². The fraction of sp³-hybridized carbons (Fsp3) is 0.833. The Morgan fingerprint density at radius 1 is 1.15 bits per heavy atom. The minimum absolute atomic E-state index is 0.0266. The van der Waals surface area contributed by atoms with Gasteiger partial charge in [-0.1, -0.05) is 33.1 Å². The minimum atomic E-state index is -5.83. The van der Waals surface area contributed by atoms with Gasteiger partial charge >= 0.3 is 15.5 Å². The summed E-state index contributed by atoms with van der Waals surface area (Å²) in [5.41, 5.74) is -0.446. The van der Waals surface area contributed by atoms with Gasteiger partial charge in [-0.05, 0) is 48.9 Å². The topological polar surface area (TPSA) is 168 Å². The maximum Gasteiger partial charge on any atom is 0.511 e. The maximum absolute atomic E-state index is 13.8. The molecule has 4 rings (SSSR count). The molecule has 2 saturated carbocycles. The van der Waals surface area contributed by atoms with Crippen LogP contribution in [0.5, 0.6) is 0 Å². The van der Waals surface area contributed by atoms with E-state index in [1.807, 2.05) is 13.8 Å². The molecule has 220 valence electrons. The molecule has 39 heavy (non-hydrogen) atoms. The van der Waals surface area contributed by atoms with Crippen molar-refractivity contribution in [1.82, 2.24) is 20.3 Å². The SMILES string of the molecule is CC1(C)C2CN(C(=O)[C@@H](NS(=O)(=O)C(F)(F)F)C3CCCCC3)C(C(=O)N[C@@H](C[C@@H]3CCNC3=O)C(N)=O)C21. The fourth-order valence-corrected chi connectivity index (χ4v) is 7.46. The van der Waals surface area contributed by atoms with Crippen LogP contribution >= 0.6 is 0 Å². The van der Waals surface area contributed by atoms with Gasteiger partial charge in [-0.25, -0.2) is 8.42 Å². The molecule has 4 fully saturated rings. The van der Waals surface area contributed by atoms with Gasteiger partial charge in [-0.3, -0.25) is 19.2 Å². The van der Waals surface area contributed by atoms with Gasteiger partial charge in [0, 0.05) is 19.0 Å². The molecule has 0 bridgehead atoms. The first-order chi connectivity index (χ1) is 18.1. The van der Waals surface area contributed by atoms with E-state index in [0.717, 1.165) is 11.3 Å². The largest absolute Gasteiger partial charge is 0.511 e. The van der Waals surface area contributed by atoms with Crippen molar-refractivity contribution in [3.8, 4) is 0 Å². The molecule has 4 aliphatic rings. The predicted octanol–water partition coefficient (Wildman–Crippen LogP) is 0.354. The summed E-state index contributed by atoms with van der Waals surface area (Å²) in [6.45, 7) is 4.31. The molecule has 2 aliphatic heterocycles. The van der Waals surface area contributed by atoms with Crippen molar-refractivity contribution in [1.29, 1.82) is 0 Å². The fourth-order valence-electron chi connectivity index (χ4n) is 6.70. The average molecular weight is 580 g/mol. The predicted molar refractivity (Wildman–Crippen MR) is 132 cm³/mol. The van der Waals surface area contributed by atoms with Gasteiger partial charge in [-0.2, -0.15) is 17.9 Å². The highest BCUT2D eigenvalue weighted by atomic mass is 32.2. The van der Waals surface area contributed by atoms with Gasteiger partial charge in [0.25, 0.3) is 0 Å². The molecule has 15 heteroatoms. The molecular formula is C24H36F3N5O6S. The van der Waals surface area contributed by atoms with Crippen molar-refractivity contribution in [2.75, 3.05) is 13.1 Å². The molecule has 3 unspecified atom stereocenters. The zero-order valence-electron chi connectivity index (χ0n) is 21.9. The monoisotopic (exact) mass is 579 g/mol. The average Bonchev–Trinajstić information content (AvgIpc) is 3.19. The summed E-state index contributed by atoms with van der Waals surface area (Å²) < 4.78 is 65.6. The van der Waals surface area contributed by atoms with E-state index in [-0.39, 0.29) is 36.1 Å². The van der Waals surface area contributed by atoms with Gasteiger partial charge in [0.2, 0.25) is 23.6 Å². The molecule has 0 radical (unpaired) electrons. The van der Waals surface area contributed by atoms with Gasteiger partial charge in [0.15, 0.2) is 0 Å². The van der Waals surface area contributed by atoms with E-state index in [2.05, 4.69) is 10.6 Å². The van der Waals surface area contributed by atoms with Gasteiger partial charge < -0.3 is 21.3 Å². The Bertz CT molecular complexity index is 1120. The van der Waals surface area contributed by atoms with Crippen molar-refractivity contribution < 1.29 is 40.8 Å². The summed E-state index contributed by atoms with van der Waals surface area (Å²) in [5.74, 6) is -4.36. The molecule has 5 N–H and O–H groups in total. The van der Waals surface area contributed by atoms with Crippen LogP contribution in [0.4, 0.5) is 13.2 Å². The second-order valence-corrected chi connectivity index (χ2v) is 13.5. The normalized spacial score (nSPS) is 30.3. The highest BCUT2D eigenvalue weighted by molar-refractivity contribution is 7.90. The van der Waals surface area contributed by atoms with E-state index in [9.17, 15) is 40.8 Å². The zero-order chi connectivity index (χ0) is 28.9. The first kappa shape index (κ1) is 29.6. The second-order valence-electron chi connectivity index (χ2n) is 11.8. The Hall–Kier alpha value is -2.42. The van der Waals surface area contributed by atoms with Gasteiger partial charge in [0.1, 0.15) is 18.1 Å². The van der Waals surface area contributed by atoms with Gasteiger partial charge in [0.05, 0.1) is 0 Å². The Morgan fingerprint density at radius 2 is 1.79 bits per heavy atom. The van der Waals surface area contributed by atoms with Crippen LogP contribution in [0.2, 0.25) is 0 Å². The van der Waals surface area contributed by atoms with E-state index in [1.165, 1.54) is 0 Å². The lowest BCUT2D eigenvalue weighted by molar-refractivity contribution is -0.143. The first-order valence-electron chi connectivity index (χ1n) is 13.3. The number of carbonyl (C=O) groups excluding carboxylic acids is 4. The smallest absolute Gasteiger partial charge is 0.368 e. The number of carbonyl (C=O) groups is 4. The molecule has 0 aromatic rings. The molecule has 4 amide bonds. The number of nitrogens with one attached hydrogen (secondary N) is 3. The van der Waals surface area contributed by atoms with Crippen molar-refractivity contribution in [2.45, 2.75) is 82.4 Å². The first-order valence-corrected chi connectivity index (χ1v) is 14.8. The van der Waals surface area contributed by atoms with Crippen LogP contribution in [-0.4, -0.2) is 73.7 Å². The van der Waals surface area contributed by atoms with Crippen LogP contribution in [-0.2, 0) is 29.2 Å². The third kappa shape index (κ3) is 5.74. The Morgan fingerprint density at radius 3 is 2.33 bits per heavy atom. The number of likely N-dealkylation sites (tertiary alicyclic amines) is 1. The highest BCUT2D eigenvalue weighted by Gasteiger charge is 2.70. The standard InChI is InChI=1S/C24H36F3N5O6S/c1-23(2)14-11-32(22(36)17(12-6-4-3-5-7-12)31-39(37,38)24(25,26)27)18(16(14)23)21(35)30-15(19(28)33)10-13-8-9-29-20(13)34/h12-18,31H,3-11H2,1-2H3,(H2,28,33)(H,29,34)(H,30,35)/t13-,14?,15-,16?,17-,18?/m0/s1. The second kappa shape index (κ2) is 10.5. The van der Waals surface area contributed by atoms with E-state index in [4.69, 9.17) is 5.73 Å². The number of fused-ring (bicyclic) bond motifs is 1. The van der Waals surface area contributed by atoms with Crippen LogP contribution in [0.3, 0.4) is 0 Å². The number of rotatable bonds is 9. The Balaban J connectivity index is 1.58. The maximum atomic E-state index is 13.8. The van der Waals surface area contributed by atoms with E-state index < -0.39 is 63.2 Å². The molecule has 6 atom stereocenters. The summed E-state index contributed by atoms with van der Waals surface area (Å²) in [5, 5.41) is 5.22. The third-order valence-corrected chi connectivity index (χ3v) is 10.3. The number of sulfonamides is 1. The quantitative estimate of drug-likeness (QED) is 0.308. The molecule has 2 aliphatic carbocycles. The number of nitrogens with zero attached hydrogens (tertiary/aromatic N) is 1. The van der Waals surface area contributed by atoms with Crippen LogP contribution in [0, 0.1) is 29.1 Å². The number of piperidine rings is 1. The number of nitrogens with two attached hydrogens (primary N) is 1. The van der Waals surface area contributed by atoms with Crippen LogP contribution < -0.4 is 21.1 Å². The van der Waals surface area contributed by atoms with E-state index in [0.29, 0.717) is 38.6 Å². The van der Waals surface area contributed by atoms with Crippen molar-refractivity contribution >= 4 is 33.7 Å². The van der Waals surface area contributed by atoms with Crippen molar-refractivity contribution in [3.05, 3.63) is 0 Å². The number of halogens is 3. The van der Waals surface area contributed by atoms with E-state index in [1.54, 1.807) is 4.72 Å². The summed E-state index contributed by atoms with van der Waals surface area (Å²) in [6.07, 6.45) is 3.27. The third-order valence-electron chi connectivity index (χ3n) is 9.08. The summed E-state index contributed by atoms with van der Waals surface area (Å²) >= 11 is 0. The number of alkyl halides is 3. The summed E-state index contributed by atoms with van der Waals surface area (Å²) in [7, 11) is -5.83. The number of primary amides is 1. The lowest BCUT2D eigenvalue weighted by Gasteiger charge is -2.37. The number of hydrogen-bond acceptors (Lipinski definition) is 6. The van der Waals surface area contributed by atoms with Crippen LogP contribution in [0.15, 0.2) is 0 Å². The lowest BCUT2D eigenvalue weighted by Crippen LogP contribution is -2.60. The Kier molecular flexibility index (Phi) is 7.98. The lowest BCUT2D eigenvalue weighted by atomic mass is 9.83. The van der Waals surface area contributed by atoms with Crippen LogP contribution in [0.1, 0.15) is 58.8 Å². The Labute approximate surface area is 225 Å². The molecule has 0 aromatic carbocycles. The number of amides is 4. The van der Waals surface area contributed by atoms with Crippen molar-refractivity contribution in [3.63, 3.8) is 0 Å². The number of hydrogen-bond donors (Lipinski definition) is 4. The molecule has 0 spiro atoms. The highest BCUT2D eigenvalue weighted by Crippen LogP contribution is 2.65. The van der Waals surface area contributed by atoms with Crippen molar-refractivity contribution in [2.24, 2.45) is 34.8 Å².